The number of carbonyl (C=O) groups is 1. The Labute approximate surface area is 141 Å². The number of ether oxygens (including phenoxy) is 1. The van der Waals surface area contributed by atoms with Gasteiger partial charge in [0.2, 0.25) is 0 Å². The topological polar surface area (TPSA) is 72.5 Å². The minimum atomic E-state index is -3.70. The van der Waals surface area contributed by atoms with Gasteiger partial charge in [-0.1, -0.05) is 17.7 Å². The quantitative estimate of drug-likeness (QED) is 0.842. The van der Waals surface area contributed by atoms with E-state index in [4.69, 9.17) is 4.74 Å². The van der Waals surface area contributed by atoms with Crippen molar-refractivity contribution in [1.29, 1.82) is 0 Å². The van der Waals surface area contributed by atoms with Gasteiger partial charge in [-0.05, 0) is 46.2 Å². The van der Waals surface area contributed by atoms with Crippen molar-refractivity contribution in [2.24, 2.45) is 0 Å². The first-order chi connectivity index (χ1) is 10.9. The Kier molecular flexibility index (Phi) is 6.71. The van der Waals surface area contributed by atoms with Crippen molar-refractivity contribution in [3.05, 3.63) is 29.8 Å². The van der Waals surface area contributed by atoms with Gasteiger partial charge >= 0.3 is 6.09 Å². The van der Waals surface area contributed by atoms with Crippen molar-refractivity contribution in [3.8, 4) is 0 Å². The Morgan fingerprint density at radius 3 is 2.21 bits per heavy atom. The Morgan fingerprint density at radius 1 is 1.21 bits per heavy atom. The molecule has 0 heterocycles. The number of alkyl carbamates (subject to hydrolysis) is 1. The fourth-order valence-electron chi connectivity index (χ4n) is 1.87. The van der Waals surface area contributed by atoms with Gasteiger partial charge in [0.1, 0.15) is 5.60 Å². The molecule has 1 atom stereocenters. The monoisotopic (exact) mass is 363 g/mol. The van der Waals surface area contributed by atoms with E-state index in [0.717, 1.165) is 5.56 Å². The highest BCUT2D eigenvalue weighted by atomic mass is 32.2. The zero-order chi connectivity index (χ0) is 18.5. The van der Waals surface area contributed by atoms with Gasteiger partial charge in [-0.15, -0.1) is 0 Å². The largest absolute Gasteiger partial charge is 0.444 e. The standard InChI is InChI=1S/C16H23F2NO4S/c1-11-5-7-12(8-6-11)24(21,22)10-9-13(14(17)18)19-15(20)23-16(2,3)4/h5-8,13-14H,9-10H2,1-4H3,(H,19,20). The molecule has 0 fully saturated rings. The summed E-state index contributed by atoms with van der Waals surface area (Å²) in [5, 5.41) is 2.03. The first kappa shape index (κ1) is 20.3. The molecule has 5 nitrogen and oxygen atoms in total. The highest BCUT2D eigenvalue weighted by Crippen LogP contribution is 2.16. The average molecular weight is 363 g/mol. The van der Waals surface area contributed by atoms with E-state index in [9.17, 15) is 22.0 Å². The summed E-state index contributed by atoms with van der Waals surface area (Å²) in [5.41, 5.74) is 0.0658. The number of hydrogen-bond donors (Lipinski definition) is 1. The lowest BCUT2D eigenvalue weighted by molar-refractivity contribution is 0.0371. The predicted molar refractivity (Wildman–Crippen MR) is 87.0 cm³/mol. The lowest BCUT2D eigenvalue weighted by Gasteiger charge is -2.23. The number of benzene rings is 1. The molecule has 0 bridgehead atoms. The second-order valence-electron chi connectivity index (χ2n) is 6.51. The molecule has 0 aromatic heterocycles. The minimum absolute atomic E-state index is 0.0679. The Morgan fingerprint density at radius 2 is 1.75 bits per heavy atom. The number of nitrogens with one attached hydrogen (secondary N) is 1. The predicted octanol–water partition coefficient (Wildman–Crippen LogP) is 3.32. The lowest BCUT2D eigenvalue weighted by Crippen LogP contribution is -2.43. The van der Waals surface area contributed by atoms with Crippen LogP contribution in [0.25, 0.3) is 0 Å². The Bertz CT molecular complexity index is 652. The van der Waals surface area contributed by atoms with Crippen molar-refractivity contribution < 1.29 is 26.7 Å². The van der Waals surface area contributed by atoms with Crippen molar-refractivity contribution in [2.75, 3.05) is 5.75 Å². The first-order valence-electron chi connectivity index (χ1n) is 7.48. The van der Waals surface area contributed by atoms with Crippen LogP contribution in [-0.2, 0) is 14.6 Å². The molecule has 136 valence electrons. The molecule has 0 aliphatic carbocycles. The zero-order valence-corrected chi connectivity index (χ0v) is 15.0. The first-order valence-corrected chi connectivity index (χ1v) is 9.13. The number of carbonyl (C=O) groups excluding carboxylic acids is 1. The van der Waals surface area contributed by atoms with Crippen LogP contribution in [0.15, 0.2) is 29.2 Å². The van der Waals surface area contributed by atoms with Gasteiger partial charge < -0.3 is 10.1 Å². The molecule has 0 saturated carbocycles. The Hall–Kier alpha value is -1.70. The molecule has 1 rings (SSSR count). The second kappa shape index (κ2) is 7.92. The molecule has 0 spiro atoms. The maximum Gasteiger partial charge on any atom is 0.408 e. The maximum atomic E-state index is 13.1. The summed E-state index contributed by atoms with van der Waals surface area (Å²) in [4.78, 5) is 11.7. The van der Waals surface area contributed by atoms with Crippen LogP contribution in [0.3, 0.4) is 0 Å². The average Bonchev–Trinajstić information content (AvgIpc) is 2.41. The van der Waals surface area contributed by atoms with Crippen LogP contribution in [0, 0.1) is 6.92 Å². The molecule has 0 aliphatic heterocycles. The van der Waals surface area contributed by atoms with E-state index in [1.807, 2.05) is 12.2 Å². The highest BCUT2D eigenvalue weighted by Gasteiger charge is 2.27. The van der Waals surface area contributed by atoms with Crippen LogP contribution in [0.5, 0.6) is 0 Å². The molecule has 1 unspecified atom stereocenters. The molecule has 0 saturated heterocycles. The Balaban J connectivity index is 2.72. The van der Waals surface area contributed by atoms with Gasteiger partial charge in [-0.3, -0.25) is 0 Å². The van der Waals surface area contributed by atoms with E-state index >= 15 is 0 Å². The van der Waals surface area contributed by atoms with E-state index in [1.165, 1.54) is 12.1 Å². The zero-order valence-electron chi connectivity index (χ0n) is 14.2. The van der Waals surface area contributed by atoms with E-state index < -0.39 is 46.2 Å². The van der Waals surface area contributed by atoms with Gasteiger partial charge in [-0.2, -0.15) is 0 Å². The smallest absolute Gasteiger partial charge is 0.408 e. The summed E-state index contributed by atoms with van der Waals surface area (Å²) >= 11 is 0. The summed E-state index contributed by atoms with van der Waals surface area (Å²) in [6, 6.07) is 4.54. The van der Waals surface area contributed by atoms with Crippen LogP contribution in [-0.4, -0.2) is 38.3 Å². The van der Waals surface area contributed by atoms with Crippen LogP contribution in [0.1, 0.15) is 32.8 Å². The summed E-state index contributed by atoms with van der Waals surface area (Å²) in [6.45, 7) is 6.62. The molecular weight excluding hydrogens is 340 g/mol. The van der Waals surface area contributed by atoms with Gasteiger partial charge in [0.05, 0.1) is 16.7 Å². The van der Waals surface area contributed by atoms with Gasteiger partial charge in [0.15, 0.2) is 9.84 Å². The number of hydrogen-bond acceptors (Lipinski definition) is 4. The second-order valence-corrected chi connectivity index (χ2v) is 8.62. The number of amides is 1. The van der Waals surface area contributed by atoms with Crippen molar-refractivity contribution >= 4 is 15.9 Å². The third kappa shape index (κ3) is 6.82. The third-order valence-corrected chi connectivity index (χ3v) is 4.85. The van der Waals surface area contributed by atoms with Gasteiger partial charge in [0, 0.05) is 0 Å². The van der Waals surface area contributed by atoms with Crippen LogP contribution >= 0.6 is 0 Å². The van der Waals surface area contributed by atoms with Gasteiger partial charge in [0.25, 0.3) is 6.43 Å². The molecular formula is C16H23F2NO4S. The molecule has 1 amide bonds. The molecule has 0 aliphatic rings. The van der Waals surface area contributed by atoms with E-state index in [2.05, 4.69) is 0 Å². The highest BCUT2D eigenvalue weighted by molar-refractivity contribution is 7.91. The fraction of sp³-hybridized carbons (Fsp3) is 0.562. The number of alkyl halides is 2. The minimum Gasteiger partial charge on any atom is -0.444 e. The maximum absolute atomic E-state index is 13.1. The SMILES string of the molecule is Cc1ccc(S(=O)(=O)CCC(NC(=O)OC(C)(C)C)C(F)F)cc1. The van der Waals surface area contributed by atoms with E-state index in [-0.39, 0.29) is 4.90 Å². The molecule has 24 heavy (non-hydrogen) atoms. The molecule has 1 aromatic carbocycles. The normalized spacial score (nSPS) is 13.6. The van der Waals surface area contributed by atoms with Gasteiger partial charge in [-0.25, -0.2) is 22.0 Å². The van der Waals surface area contributed by atoms with Crippen LogP contribution in [0.2, 0.25) is 0 Å². The lowest BCUT2D eigenvalue weighted by atomic mass is 10.2. The van der Waals surface area contributed by atoms with Crippen LogP contribution in [0.4, 0.5) is 13.6 Å². The number of sulfone groups is 1. The molecule has 1 aromatic rings. The van der Waals surface area contributed by atoms with E-state index in [1.54, 1.807) is 32.9 Å². The fourth-order valence-corrected chi connectivity index (χ4v) is 3.22. The summed E-state index contributed by atoms with van der Waals surface area (Å²) in [7, 11) is -3.70. The summed E-state index contributed by atoms with van der Waals surface area (Å²) in [6.07, 6.45) is -4.31. The molecule has 0 radical (unpaired) electrons. The number of rotatable bonds is 6. The third-order valence-electron chi connectivity index (χ3n) is 3.08. The summed E-state index contributed by atoms with van der Waals surface area (Å²) < 4.78 is 55.4. The molecule has 1 N–H and O–H groups in total. The van der Waals surface area contributed by atoms with Crippen LogP contribution < -0.4 is 5.32 Å². The summed E-state index contributed by atoms with van der Waals surface area (Å²) in [5.74, 6) is -0.499. The van der Waals surface area contributed by atoms with Crippen molar-refractivity contribution in [2.45, 2.75) is 57.1 Å². The number of aryl methyl sites for hydroxylation is 1. The van der Waals surface area contributed by atoms with E-state index in [0.29, 0.717) is 0 Å². The molecule has 8 heteroatoms. The van der Waals surface area contributed by atoms with Crippen molar-refractivity contribution in [3.63, 3.8) is 0 Å². The van der Waals surface area contributed by atoms with Crippen molar-refractivity contribution in [1.82, 2.24) is 5.32 Å². The number of halogens is 2.